The molecule has 2 atom stereocenters. The van der Waals surface area contributed by atoms with Gasteiger partial charge < -0.3 is 14.9 Å². The zero-order chi connectivity index (χ0) is 25.5. The fraction of sp³-hybridized carbons (Fsp3) is 0.367. The Morgan fingerprint density at radius 1 is 0.921 bits per heavy atom. The van der Waals surface area contributed by atoms with E-state index in [0.29, 0.717) is 28.1 Å². The van der Waals surface area contributed by atoms with Crippen LogP contribution in [0.15, 0.2) is 78.9 Å². The molecule has 4 rings (SSSR count). The summed E-state index contributed by atoms with van der Waals surface area (Å²) < 4.78 is 0. The molecule has 0 aliphatic carbocycles. The zero-order valence-electron chi connectivity index (χ0n) is 21.5. The van der Waals surface area contributed by atoms with Crippen molar-refractivity contribution >= 4 is 53.9 Å². The van der Waals surface area contributed by atoms with Gasteiger partial charge in [-0.1, -0.05) is 89.9 Å². The highest BCUT2D eigenvalue weighted by atomic mass is 35.5. The molecule has 1 aliphatic rings. The lowest BCUT2D eigenvalue weighted by atomic mass is 9.89. The highest BCUT2D eigenvalue weighted by Crippen LogP contribution is 2.31. The molecule has 0 saturated carbocycles. The molecule has 3 aromatic carbocycles. The lowest BCUT2D eigenvalue weighted by molar-refractivity contribution is -0.139. The van der Waals surface area contributed by atoms with Gasteiger partial charge in [0.1, 0.15) is 0 Å². The largest absolute Gasteiger partial charge is 0.378 e. The average Bonchev–Trinajstić information content (AvgIpc) is 2.93. The van der Waals surface area contributed by atoms with Gasteiger partial charge in [-0.3, -0.25) is 4.79 Å². The Morgan fingerprint density at radius 2 is 1.53 bits per heavy atom. The van der Waals surface area contributed by atoms with E-state index in [2.05, 4.69) is 35.2 Å². The Kier molecular flexibility index (Phi) is 13.4. The third kappa shape index (κ3) is 8.61. The number of rotatable bonds is 9. The molecule has 0 radical (unpaired) electrons. The number of piperidine rings is 1. The predicted molar refractivity (Wildman–Crippen MR) is 162 cm³/mol. The highest BCUT2D eigenvalue weighted by Gasteiger charge is 2.26. The zero-order valence-corrected chi connectivity index (χ0v) is 24.7. The maximum Gasteiger partial charge on any atom is 0.255 e. The quantitative estimate of drug-likeness (QED) is 0.280. The molecule has 1 amide bonds. The van der Waals surface area contributed by atoms with Crippen LogP contribution in [0.5, 0.6) is 0 Å². The summed E-state index contributed by atoms with van der Waals surface area (Å²) in [5, 5.41) is 11.7. The summed E-state index contributed by atoms with van der Waals surface area (Å²) in [5.74, 6) is 0.384. The molecule has 38 heavy (non-hydrogen) atoms. The van der Waals surface area contributed by atoms with E-state index >= 15 is 0 Å². The van der Waals surface area contributed by atoms with Gasteiger partial charge in [-0.05, 0) is 73.6 Å². The number of aliphatic hydroxyl groups is 1. The number of nitrogens with zero attached hydrogens (tertiary/aromatic N) is 2. The van der Waals surface area contributed by atoms with Crippen LogP contribution in [0.25, 0.3) is 0 Å². The molecule has 4 nitrogen and oxygen atoms in total. The SMILES string of the molecule is CN(CC(CCN1CCC(c2ccccc2)CC1)c1ccc(Cl)c(Cl)c1)C(=O)C(O)c1ccccc1.Cl.Cl. The first-order valence-electron chi connectivity index (χ1n) is 12.6. The van der Waals surface area contributed by atoms with Gasteiger partial charge in [0.25, 0.3) is 5.91 Å². The minimum absolute atomic E-state index is 0. The Balaban J connectivity index is 0.00000253. The number of halogens is 4. The van der Waals surface area contributed by atoms with E-state index in [1.165, 1.54) is 5.56 Å². The molecule has 1 aliphatic heterocycles. The number of likely N-dealkylation sites (tertiary alicyclic amines) is 1. The van der Waals surface area contributed by atoms with Crippen molar-refractivity contribution in [2.75, 3.05) is 33.2 Å². The summed E-state index contributed by atoms with van der Waals surface area (Å²) in [6.07, 6.45) is 2.02. The minimum Gasteiger partial charge on any atom is -0.378 e. The van der Waals surface area contributed by atoms with E-state index in [-0.39, 0.29) is 36.6 Å². The second-order valence-corrected chi connectivity index (χ2v) is 10.5. The van der Waals surface area contributed by atoms with Crippen molar-refractivity contribution in [2.45, 2.75) is 37.2 Å². The standard InChI is InChI=1S/C30H34Cl2N2O2.2ClH/c1-33(30(36)29(35)24-10-6-3-7-11-24)21-26(25-12-13-27(31)28(32)20-25)16-19-34-17-14-23(15-18-34)22-8-4-2-5-9-22;;/h2-13,20,23,26,29,35H,14-19,21H2,1H3;2*1H. The van der Waals surface area contributed by atoms with Gasteiger partial charge in [-0.15, -0.1) is 24.8 Å². The van der Waals surface area contributed by atoms with E-state index in [1.807, 2.05) is 36.4 Å². The summed E-state index contributed by atoms with van der Waals surface area (Å²) in [7, 11) is 1.75. The van der Waals surface area contributed by atoms with Crippen LogP contribution in [-0.2, 0) is 4.79 Å². The Hall–Kier alpha value is -1.79. The van der Waals surface area contributed by atoms with Gasteiger partial charge in [-0.2, -0.15) is 0 Å². The van der Waals surface area contributed by atoms with Crippen LogP contribution in [0.4, 0.5) is 0 Å². The number of hydrogen-bond donors (Lipinski definition) is 1. The number of amides is 1. The first kappa shape index (κ1) is 32.4. The molecule has 0 spiro atoms. The Morgan fingerprint density at radius 3 is 2.13 bits per heavy atom. The minimum atomic E-state index is -1.18. The molecule has 1 heterocycles. The third-order valence-corrected chi connectivity index (χ3v) is 8.03. The predicted octanol–water partition coefficient (Wildman–Crippen LogP) is 7.38. The molecular formula is C30H36Cl4N2O2. The van der Waals surface area contributed by atoms with Crippen LogP contribution in [0.2, 0.25) is 10.0 Å². The van der Waals surface area contributed by atoms with Gasteiger partial charge in [0, 0.05) is 19.5 Å². The van der Waals surface area contributed by atoms with Crippen molar-refractivity contribution in [1.82, 2.24) is 9.80 Å². The third-order valence-electron chi connectivity index (χ3n) is 7.29. The van der Waals surface area contributed by atoms with Crippen LogP contribution in [0.3, 0.4) is 0 Å². The highest BCUT2D eigenvalue weighted by molar-refractivity contribution is 6.42. The number of likely N-dealkylation sites (N-methyl/N-ethyl adjacent to an activating group) is 1. The molecule has 3 aromatic rings. The number of carbonyl (C=O) groups is 1. The number of aliphatic hydroxyl groups excluding tert-OH is 1. The van der Waals surface area contributed by atoms with Crippen molar-refractivity contribution in [3.05, 3.63) is 106 Å². The summed E-state index contributed by atoms with van der Waals surface area (Å²) in [6, 6.07) is 25.6. The van der Waals surface area contributed by atoms with Crippen LogP contribution in [-0.4, -0.2) is 54.0 Å². The summed E-state index contributed by atoms with van der Waals surface area (Å²) >= 11 is 12.5. The first-order valence-corrected chi connectivity index (χ1v) is 13.4. The van der Waals surface area contributed by atoms with Gasteiger partial charge in [0.2, 0.25) is 0 Å². The Labute approximate surface area is 248 Å². The van der Waals surface area contributed by atoms with E-state index in [1.54, 1.807) is 24.1 Å². The second-order valence-electron chi connectivity index (χ2n) is 9.72. The number of benzene rings is 3. The van der Waals surface area contributed by atoms with Gasteiger partial charge in [0.05, 0.1) is 10.0 Å². The number of hydrogen-bond acceptors (Lipinski definition) is 3. The van der Waals surface area contributed by atoms with Crippen molar-refractivity contribution in [1.29, 1.82) is 0 Å². The maximum absolute atomic E-state index is 13.0. The van der Waals surface area contributed by atoms with E-state index < -0.39 is 6.10 Å². The van der Waals surface area contributed by atoms with Crippen LogP contribution in [0, 0.1) is 0 Å². The van der Waals surface area contributed by atoms with Crippen molar-refractivity contribution in [2.24, 2.45) is 0 Å². The van der Waals surface area contributed by atoms with E-state index in [4.69, 9.17) is 23.2 Å². The van der Waals surface area contributed by atoms with Crippen LogP contribution < -0.4 is 0 Å². The first-order chi connectivity index (χ1) is 17.4. The molecule has 206 valence electrons. The van der Waals surface area contributed by atoms with E-state index in [0.717, 1.165) is 44.5 Å². The monoisotopic (exact) mass is 596 g/mol. The fourth-order valence-corrected chi connectivity index (χ4v) is 5.40. The summed E-state index contributed by atoms with van der Waals surface area (Å²) in [5.41, 5.74) is 3.09. The molecule has 1 saturated heterocycles. The van der Waals surface area contributed by atoms with E-state index in [9.17, 15) is 9.90 Å². The second kappa shape index (κ2) is 15.7. The summed E-state index contributed by atoms with van der Waals surface area (Å²) in [4.78, 5) is 17.2. The van der Waals surface area contributed by atoms with Crippen molar-refractivity contribution in [3.63, 3.8) is 0 Å². The fourth-order valence-electron chi connectivity index (χ4n) is 5.09. The molecule has 1 fully saturated rings. The normalized spacial score (nSPS) is 15.6. The maximum atomic E-state index is 13.0. The molecule has 0 bridgehead atoms. The molecule has 2 unspecified atom stereocenters. The van der Waals surface area contributed by atoms with Crippen molar-refractivity contribution < 1.29 is 9.90 Å². The lowest BCUT2D eigenvalue weighted by Crippen LogP contribution is -2.37. The molecule has 0 aromatic heterocycles. The average molecular weight is 598 g/mol. The van der Waals surface area contributed by atoms with Crippen LogP contribution >= 0.6 is 48.0 Å². The molecule has 1 N–H and O–H groups in total. The Bertz CT molecular complexity index is 1130. The van der Waals surface area contributed by atoms with Crippen molar-refractivity contribution in [3.8, 4) is 0 Å². The van der Waals surface area contributed by atoms with Gasteiger partial charge in [0.15, 0.2) is 6.10 Å². The van der Waals surface area contributed by atoms with Gasteiger partial charge >= 0.3 is 0 Å². The topological polar surface area (TPSA) is 43.8 Å². The smallest absolute Gasteiger partial charge is 0.255 e. The molecular weight excluding hydrogens is 562 g/mol. The van der Waals surface area contributed by atoms with Crippen LogP contribution in [0.1, 0.15) is 53.9 Å². The molecule has 8 heteroatoms. The number of carbonyl (C=O) groups excluding carboxylic acids is 1. The lowest BCUT2D eigenvalue weighted by Gasteiger charge is -2.34. The summed E-state index contributed by atoms with van der Waals surface area (Å²) in [6.45, 7) is 3.56. The van der Waals surface area contributed by atoms with Gasteiger partial charge in [-0.25, -0.2) is 0 Å².